The molecule has 1 saturated carbocycles. The van der Waals surface area contributed by atoms with Gasteiger partial charge in [-0.1, -0.05) is 19.8 Å². The van der Waals surface area contributed by atoms with Crippen molar-refractivity contribution < 1.29 is 4.92 Å². The maximum atomic E-state index is 10.8. The van der Waals surface area contributed by atoms with E-state index < -0.39 is 0 Å². The van der Waals surface area contributed by atoms with Crippen LogP contribution in [0.3, 0.4) is 0 Å². The summed E-state index contributed by atoms with van der Waals surface area (Å²) in [5, 5.41) is 14.1. The first-order valence-corrected chi connectivity index (χ1v) is 6.56. The molecule has 0 bridgehead atoms. The number of hydrogen-bond acceptors (Lipinski definition) is 3. The number of anilines is 1. The fourth-order valence-electron chi connectivity index (χ4n) is 2.74. The molecule has 0 saturated heterocycles. The monoisotopic (exact) mass is 248 g/mol. The van der Waals surface area contributed by atoms with E-state index in [0.29, 0.717) is 5.92 Å². The number of benzene rings is 1. The number of non-ortho nitro benzene ring substituents is 1. The van der Waals surface area contributed by atoms with E-state index in [9.17, 15) is 10.1 Å². The molecule has 2 rings (SSSR count). The van der Waals surface area contributed by atoms with Gasteiger partial charge in [0.15, 0.2) is 0 Å². The topological polar surface area (TPSA) is 55.2 Å². The van der Waals surface area contributed by atoms with Crippen molar-refractivity contribution in [2.45, 2.75) is 33.1 Å². The molecule has 2 atom stereocenters. The molecule has 0 radical (unpaired) electrons. The molecule has 1 aromatic carbocycles. The van der Waals surface area contributed by atoms with Gasteiger partial charge in [-0.15, -0.1) is 0 Å². The molecule has 4 heteroatoms. The Morgan fingerprint density at radius 1 is 1.39 bits per heavy atom. The Morgan fingerprint density at radius 2 is 2.17 bits per heavy atom. The lowest BCUT2D eigenvalue weighted by molar-refractivity contribution is -0.384. The lowest BCUT2D eigenvalue weighted by Crippen LogP contribution is -2.16. The van der Waals surface area contributed by atoms with Crippen LogP contribution in [0.15, 0.2) is 18.2 Å². The van der Waals surface area contributed by atoms with E-state index in [0.717, 1.165) is 23.7 Å². The van der Waals surface area contributed by atoms with Gasteiger partial charge < -0.3 is 5.32 Å². The lowest BCUT2D eigenvalue weighted by atomic mass is 9.98. The quantitative estimate of drug-likeness (QED) is 0.652. The number of hydrogen-bond donors (Lipinski definition) is 1. The fourth-order valence-corrected chi connectivity index (χ4v) is 2.74. The van der Waals surface area contributed by atoms with E-state index in [1.165, 1.54) is 19.3 Å². The Labute approximate surface area is 108 Å². The van der Waals surface area contributed by atoms with Crippen LogP contribution in [0.5, 0.6) is 0 Å². The lowest BCUT2D eigenvalue weighted by Gasteiger charge is -2.16. The molecular weight excluding hydrogens is 228 g/mol. The summed E-state index contributed by atoms with van der Waals surface area (Å²) < 4.78 is 0. The number of rotatable bonds is 4. The van der Waals surface area contributed by atoms with Crippen molar-refractivity contribution in [1.29, 1.82) is 0 Å². The van der Waals surface area contributed by atoms with E-state index in [1.54, 1.807) is 12.1 Å². The second-order valence-corrected chi connectivity index (χ2v) is 5.36. The number of nitro benzene ring substituents is 1. The summed E-state index contributed by atoms with van der Waals surface area (Å²) in [5.74, 6) is 1.46. The predicted molar refractivity (Wildman–Crippen MR) is 72.8 cm³/mol. The Balaban J connectivity index is 2.02. The molecule has 0 aromatic heterocycles. The Kier molecular flexibility index (Phi) is 3.84. The molecule has 0 aliphatic heterocycles. The molecule has 4 nitrogen and oxygen atoms in total. The van der Waals surface area contributed by atoms with Gasteiger partial charge >= 0.3 is 0 Å². The molecule has 1 N–H and O–H groups in total. The van der Waals surface area contributed by atoms with Gasteiger partial charge in [-0.3, -0.25) is 10.1 Å². The third-order valence-corrected chi connectivity index (χ3v) is 3.88. The van der Waals surface area contributed by atoms with Crippen molar-refractivity contribution in [1.82, 2.24) is 0 Å². The zero-order valence-electron chi connectivity index (χ0n) is 11.0. The van der Waals surface area contributed by atoms with E-state index in [4.69, 9.17) is 0 Å². The van der Waals surface area contributed by atoms with Crippen LogP contribution in [0.4, 0.5) is 11.4 Å². The van der Waals surface area contributed by atoms with Crippen LogP contribution in [0.2, 0.25) is 0 Å². The summed E-state index contributed by atoms with van der Waals surface area (Å²) in [5.41, 5.74) is 1.95. The second-order valence-electron chi connectivity index (χ2n) is 5.36. The van der Waals surface area contributed by atoms with Gasteiger partial charge in [-0.2, -0.15) is 0 Å². The molecule has 0 heterocycles. The minimum Gasteiger partial charge on any atom is -0.385 e. The summed E-state index contributed by atoms with van der Waals surface area (Å²) in [7, 11) is 0. The summed E-state index contributed by atoms with van der Waals surface area (Å²) >= 11 is 0. The molecule has 18 heavy (non-hydrogen) atoms. The smallest absolute Gasteiger partial charge is 0.271 e. The van der Waals surface area contributed by atoms with E-state index in [2.05, 4.69) is 12.2 Å². The van der Waals surface area contributed by atoms with Gasteiger partial charge in [-0.25, -0.2) is 0 Å². The maximum Gasteiger partial charge on any atom is 0.271 e. The maximum absolute atomic E-state index is 10.8. The van der Waals surface area contributed by atoms with Crippen molar-refractivity contribution in [2.75, 3.05) is 11.9 Å². The van der Waals surface area contributed by atoms with Crippen LogP contribution < -0.4 is 5.32 Å². The molecule has 1 fully saturated rings. The molecular formula is C14H20N2O2. The SMILES string of the molecule is Cc1cc(NCC2CCCC2C)cc([N+](=O)[O-])c1. The van der Waals surface area contributed by atoms with Gasteiger partial charge in [-0.05, 0) is 36.8 Å². The molecule has 1 aliphatic carbocycles. The van der Waals surface area contributed by atoms with Gasteiger partial charge in [0, 0.05) is 24.4 Å². The van der Waals surface area contributed by atoms with Crippen molar-refractivity contribution in [3.63, 3.8) is 0 Å². The van der Waals surface area contributed by atoms with E-state index >= 15 is 0 Å². The Morgan fingerprint density at radius 3 is 2.78 bits per heavy atom. The van der Waals surface area contributed by atoms with Crippen molar-refractivity contribution >= 4 is 11.4 Å². The average Bonchev–Trinajstić information content (AvgIpc) is 2.71. The van der Waals surface area contributed by atoms with Crippen molar-refractivity contribution in [2.24, 2.45) is 11.8 Å². The summed E-state index contributed by atoms with van der Waals surface area (Å²) in [4.78, 5) is 10.5. The van der Waals surface area contributed by atoms with Gasteiger partial charge in [0.05, 0.1) is 4.92 Å². The molecule has 0 amide bonds. The first-order valence-electron chi connectivity index (χ1n) is 6.56. The molecule has 1 aromatic rings. The largest absolute Gasteiger partial charge is 0.385 e. The van der Waals surface area contributed by atoms with Crippen LogP contribution in [0.25, 0.3) is 0 Å². The van der Waals surface area contributed by atoms with Gasteiger partial charge in [0.1, 0.15) is 0 Å². The Hall–Kier alpha value is -1.58. The predicted octanol–water partition coefficient (Wildman–Crippen LogP) is 3.75. The average molecular weight is 248 g/mol. The zero-order chi connectivity index (χ0) is 13.1. The minimum atomic E-state index is -0.337. The van der Waals surface area contributed by atoms with E-state index in [1.807, 2.05) is 13.0 Å². The van der Waals surface area contributed by atoms with Crippen LogP contribution in [0.1, 0.15) is 31.7 Å². The summed E-state index contributed by atoms with van der Waals surface area (Å²) in [6, 6.07) is 5.18. The first-order chi connectivity index (χ1) is 8.56. The highest BCUT2D eigenvalue weighted by Gasteiger charge is 2.22. The van der Waals surface area contributed by atoms with Crippen molar-refractivity contribution in [3.8, 4) is 0 Å². The zero-order valence-corrected chi connectivity index (χ0v) is 11.0. The highest BCUT2D eigenvalue weighted by atomic mass is 16.6. The third-order valence-electron chi connectivity index (χ3n) is 3.88. The van der Waals surface area contributed by atoms with Crippen LogP contribution >= 0.6 is 0 Å². The second kappa shape index (κ2) is 5.38. The van der Waals surface area contributed by atoms with Crippen LogP contribution in [0, 0.1) is 28.9 Å². The van der Waals surface area contributed by atoms with Crippen LogP contribution in [-0.2, 0) is 0 Å². The van der Waals surface area contributed by atoms with Gasteiger partial charge in [0.25, 0.3) is 5.69 Å². The first kappa shape index (κ1) is 12.9. The third kappa shape index (κ3) is 3.00. The van der Waals surface area contributed by atoms with Crippen molar-refractivity contribution in [3.05, 3.63) is 33.9 Å². The summed E-state index contributed by atoms with van der Waals surface area (Å²) in [6.45, 7) is 5.09. The number of nitrogens with zero attached hydrogens (tertiary/aromatic N) is 1. The molecule has 98 valence electrons. The normalized spacial score (nSPS) is 23.0. The fraction of sp³-hybridized carbons (Fsp3) is 0.571. The molecule has 1 aliphatic rings. The van der Waals surface area contributed by atoms with E-state index in [-0.39, 0.29) is 10.6 Å². The number of nitrogens with one attached hydrogen (secondary N) is 1. The number of nitro groups is 1. The van der Waals surface area contributed by atoms with Crippen LogP contribution in [-0.4, -0.2) is 11.5 Å². The Bertz CT molecular complexity index is 445. The summed E-state index contributed by atoms with van der Waals surface area (Å²) in [6.07, 6.45) is 3.88. The highest BCUT2D eigenvalue weighted by Crippen LogP contribution is 2.31. The minimum absolute atomic E-state index is 0.164. The standard InChI is InChI=1S/C14H20N2O2/c1-10-6-13(8-14(7-10)16(17)18)15-9-12-5-3-4-11(12)2/h6-8,11-12,15H,3-5,9H2,1-2H3. The molecule has 2 unspecified atom stereocenters. The van der Waals surface area contributed by atoms with Gasteiger partial charge in [0.2, 0.25) is 0 Å². The number of aryl methyl sites for hydroxylation is 1. The molecule has 0 spiro atoms. The highest BCUT2D eigenvalue weighted by molar-refractivity contribution is 5.53.